The van der Waals surface area contributed by atoms with Gasteiger partial charge in [-0.3, -0.25) is 4.79 Å². The molecule has 1 aliphatic heterocycles. The normalized spacial score (nSPS) is 14.2. The van der Waals surface area contributed by atoms with Crippen LogP contribution in [0.3, 0.4) is 0 Å². The Balaban J connectivity index is 1.47. The van der Waals surface area contributed by atoms with E-state index >= 15 is 0 Å². The number of rotatable bonds is 7. The highest BCUT2D eigenvalue weighted by Gasteiger charge is 2.15. The zero-order valence-corrected chi connectivity index (χ0v) is 14.3. The van der Waals surface area contributed by atoms with Crippen LogP contribution in [0.15, 0.2) is 54.6 Å². The van der Waals surface area contributed by atoms with E-state index in [9.17, 15) is 4.79 Å². The summed E-state index contributed by atoms with van der Waals surface area (Å²) in [5.41, 5.74) is 1.91. The summed E-state index contributed by atoms with van der Waals surface area (Å²) in [6.45, 7) is 3.66. The predicted octanol–water partition coefficient (Wildman–Crippen LogP) is 3.32. The largest absolute Gasteiger partial charge is 0.494 e. The average molecular weight is 340 g/mol. The number of nitrogens with zero attached hydrogens (tertiary/aromatic N) is 1. The summed E-state index contributed by atoms with van der Waals surface area (Å²) in [4.78, 5) is 14.5. The van der Waals surface area contributed by atoms with Crippen LogP contribution in [0.4, 0.5) is 11.4 Å². The second kappa shape index (κ2) is 9.08. The quantitative estimate of drug-likeness (QED) is 0.786. The van der Waals surface area contributed by atoms with Gasteiger partial charge < -0.3 is 19.7 Å². The third-order valence-corrected chi connectivity index (χ3v) is 4.09. The van der Waals surface area contributed by atoms with Crippen molar-refractivity contribution in [3.05, 3.63) is 54.6 Å². The highest BCUT2D eigenvalue weighted by Crippen LogP contribution is 2.26. The molecule has 2 aromatic carbocycles. The van der Waals surface area contributed by atoms with Crippen molar-refractivity contribution in [3.8, 4) is 5.75 Å². The molecule has 0 aromatic heterocycles. The number of hydrogen-bond acceptors (Lipinski definition) is 4. The maximum Gasteiger partial charge on any atom is 0.224 e. The van der Waals surface area contributed by atoms with Gasteiger partial charge in [0.15, 0.2) is 0 Å². The fourth-order valence-electron chi connectivity index (χ4n) is 2.81. The third-order valence-electron chi connectivity index (χ3n) is 4.09. The van der Waals surface area contributed by atoms with Crippen molar-refractivity contribution in [2.75, 3.05) is 43.1 Å². The molecule has 5 heteroatoms. The molecule has 132 valence electrons. The Morgan fingerprint density at radius 2 is 1.76 bits per heavy atom. The van der Waals surface area contributed by atoms with Crippen LogP contribution in [0.1, 0.15) is 12.8 Å². The number of anilines is 2. The van der Waals surface area contributed by atoms with Crippen LogP contribution in [0.5, 0.6) is 5.75 Å². The molecule has 1 heterocycles. The highest BCUT2D eigenvalue weighted by molar-refractivity contribution is 5.94. The lowest BCUT2D eigenvalue weighted by Gasteiger charge is -2.30. The van der Waals surface area contributed by atoms with Gasteiger partial charge in [0.2, 0.25) is 5.91 Å². The predicted molar refractivity (Wildman–Crippen MR) is 99.3 cm³/mol. The SMILES string of the molecule is O=C(CCCOc1ccccc1)Nc1ccccc1N1CCOCC1. The molecule has 1 fully saturated rings. The van der Waals surface area contributed by atoms with Crippen molar-refractivity contribution in [1.82, 2.24) is 0 Å². The Labute approximate surface area is 148 Å². The molecule has 0 bridgehead atoms. The number of amides is 1. The maximum absolute atomic E-state index is 12.2. The molecule has 0 spiro atoms. The van der Waals surface area contributed by atoms with E-state index in [1.165, 1.54) is 0 Å². The molecule has 0 saturated carbocycles. The maximum atomic E-state index is 12.2. The van der Waals surface area contributed by atoms with E-state index in [1.807, 2.05) is 54.6 Å². The Morgan fingerprint density at radius 3 is 2.56 bits per heavy atom. The monoisotopic (exact) mass is 340 g/mol. The molecule has 5 nitrogen and oxygen atoms in total. The van der Waals surface area contributed by atoms with Crippen LogP contribution in [0.2, 0.25) is 0 Å². The van der Waals surface area contributed by atoms with Crippen molar-refractivity contribution in [1.29, 1.82) is 0 Å². The molecule has 0 radical (unpaired) electrons. The summed E-state index contributed by atoms with van der Waals surface area (Å²) in [5, 5.41) is 3.03. The first-order chi connectivity index (χ1) is 12.3. The molecular weight excluding hydrogens is 316 g/mol. The lowest BCUT2D eigenvalue weighted by molar-refractivity contribution is -0.116. The molecule has 25 heavy (non-hydrogen) atoms. The standard InChI is InChI=1S/C20H24N2O3/c23-20(11-6-14-25-17-7-2-1-3-8-17)21-18-9-4-5-10-19(18)22-12-15-24-16-13-22/h1-5,7-10H,6,11-16H2,(H,21,23). The van der Waals surface area contributed by atoms with Crippen molar-refractivity contribution >= 4 is 17.3 Å². The topological polar surface area (TPSA) is 50.8 Å². The van der Waals surface area contributed by atoms with E-state index in [1.54, 1.807) is 0 Å². The molecule has 3 rings (SSSR count). The Kier molecular flexibility index (Phi) is 6.29. The minimum Gasteiger partial charge on any atom is -0.494 e. The molecule has 1 aliphatic rings. The molecule has 0 unspecified atom stereocenters. The number of carbonyl (C=O) groups excluding carboxylic acids is 1. The number of hydrogen-bond donors (Lipinski definition) is 1. The van der Waals surface area contributed by atoms with E-state index in [0.29, 0.717) is 19.4 Å². The van der Waals surface area contributed by atoms with E-state index in [4.69, 9.17) is 9.47 Å². The molecule has 0 aliphatic carbocycles. The van der Waals surface area contributed by atoms with Crippen molar-refractivity contribution in [2.45, 2.75) is 12.8 Å². The lowest BCUT2D eigenvalue weighted by atomic mass is 10.2. The minimum absolute atomic E-state index is 0.0115. The Morgan fingerprint density at radius 1 is 1.04 bits per heavy atom. The zero-order valence-electron chi connectivity index (χ0n) is 14.3. The second-order valence-electron chi connectivity index (χ2n) is 5.93. The van der Waals surface area contributed by atoms with Crippen LogP contribution in [0, 0.1) is 0 Å². The average Bonchev–Trinajstić information content (AvgIpc) is 2.67. The van der Waals surface area contributed by atoms with Crippen LogP contribution >= 0.6 is 0 Å². The van der Waals surface area contributed by atoms with Crippen molar-refractivity contribution in [3.63, 3.8) is 0 Å². The smallest absolute Gasteiger partial charge is 0.224 e. The van der Waals surface area contributed by atoms with Gasteiger partial charge in [0.1, 0.15) is 5.75 Å². The molecule has 0 atom stereocenters. The number of nitrogens with one attached hydrogen (secondary N) is 1. The summed E-state index contributed by atoms with van der Waals surface area (Å²) in [5.74, 6) is 0.845. The van der Waals surface area contributed by atoms with E-state index in [2.05, 4.69) is 10.2 Å². The molecule has 2 aromatic rings. The molecule has 1 saturated heterocycles. The number of benzene rings is 2. The lowest BCUT2D eigenvalue weighted by Crippen LogP contribution is -2.36. The zero-order chi connectivity index (χ0) is 17.3. The second-order valence-corrected chi connectivity index (χ2v) is 5.93. The number of para-hydroxylation sites is 3. The van der Waals surface area contributed by atoms with Crippen molar-refractivity contribution < 1.29 is 14.3 Å². The van der Waals surface area contributed by atoms with Gasteiger partial charge in [0.05, 0.1) is 31.2 Å². The highest BCUT2D eigenvalue weighted by atomic mass is 16.5. The first-order valence-electron chi connectivity index (χ1n) is 8.72. The van der Waals surface area contributed by atoms with Crippen LogP contribution in [0.25, 0.3) is 0 Å². The van der Waals surface area contributed by atoms with E-state index < -0.39 is 0 Å². The molecular formula is C20H24N2O3. The fraction of sp³-hybridized carbons (Fsp3) is 0.350. The number of ether oxygens (including phenoxy) is 2. The molecule has 1 N–H and O–H groups in total. The summed E-state index contributed by atoms with van der Waals surface area (Å²) in [6.07, 6.45) is 1.12. The van der Waals surface area contributed by atoms with Gasteiger partial charge in [-0.1, -0.05) is 30.3 Å². The number of morpholine rings is 1. The van der Waals surface area contributed by atoms with Gasteiger partial charge in [0, 0.05) is 19.5 Å². The van der Waals surface area contributed by atoms with E-state index in [0.717, 1.165) is 43.4 Å². The number of carbonyl (C=O) groups is 1. The van der Waals surface area contributed by atoms with Crippen LogP contribution < -0.4 is 15.0 Å². The first kappa shape index (κ1) is 17.3. The fourth-order valence-corrected chi connectivity index (χ4v) is 2.81. The summed E-state index contributed by atoms with van der Waals surface area (Å²) < 4.78 is 11.0. The summed E-state index contributed by atoms with van der Waals surface area (Å²) >= 11 is 0. The van der Waals surface area contributed by atoms with Crippen molar-refractivity contribution in [2.24, 2.45) is 0 Å². The Bertz CT molecular complexity index is 670. The first-order valence-corrected chi connectivity index (χ1v) is 8.72. The summed E-state index contributed by atoms with van der Waals surface area (Å²) in [7, 11) is 0. The summed E-state index contributed by atoms with van der Waals surface area (Å²) in [6, 6.07) is 17.6. The van der Waals surface area contributed by atoms with Gasteiger partial charge in [-0.05, 0) is 30.7 Å². The van der Waals surface area contributed by atoms with Crippen LogP contribution in [-0.2, 0) is 9.53 Å². The Hall–Kier alpha value is -2.53. The third kappa shape index (κ3) is 5.22. The van der Waals surface area contributed by atoms with Gasteiger partial charge in [-0.2, -0.15) is 0 Å². The van der Waals surface area contributed by atoms with Gasteiger partial charge in [-0.25, -0.2) is 0 Å². The van der Waals surface area contributed by atoms with Gasteiger partial charge in [-0.15, -0.1) is 0 Å². The van der Waals surface area contributed by atoms with E-state index in [-0.39, 0.29) is 5.91 Å². The molecule has 1 amide bonds. The minimum atomic E-state index is 0.0115. The van der Waals surface area contributed by atoms with Gasteiger partial charge in [0.25, 0.3) is 0 Å². The van der Waals surface area contributed by atoms with Gasteiger partial charge >= 0.3 is 0 Å². The van der Waals surface area contributed by atoms with Crippen LogP contribution in [-0.4, -0.2) is 38.8 Å².